The summed E-state index contributed by atoms with van der Waals surface area (Å²) in [6, 6.07) is 14.2. The first-order chi connectivity index (χ1) is 12.7. The van der Waals surface area contributed by atoms with Gasteiger partial charge in [0.15, 0.2) is 29.6 Å². The Bertz CT molecular complexity index is 831. The minimum absolute atomic E-state index is 0.174. The molecule has 1 atom stereocenters. The summed E-state index contributed by atoms with van der Waals surface area (Å²) in [4.78, 5) is 12.0. The van der Waals surface area contributed by atoms with Crippen LogP contribution in [0.3, 0.4) is 0 Å². The molecule has 3 rings (SSSR count). The van der Waals surface area contributed by atoms with E-state index < -0.39 is 0 Å². The number of carbonyl (C=O) groups excluding carboxylic acids is 1. The number of para-hydroxylation sites is 2. The molecule has 0 radical (unpaired) electrons. The first-order valence-corrected chi connectivity index (χ1v) is 8.05. The number of nitriles is 1. The van der Waals surface area contributed by atoms with E-state index in [1.165, 1.54) is 7.11 Å². The predicted octanol–water partition coefficient (Wildman–Crippen LogP) is 1.90. The number of nitrogens with zero attached hydrogens (tertiary/aromatic N) is 1. The molecule has 2 aromatic carbocycles. The summed E-state index contributed by atoms with van der Waals surface area (Å²) >= 11 is 0. The van der Waals surface area contributed by atoms with Crippen LogP contribution in [-0.4, -0.2) is 38.9 Å². The Morgan fingerprint density at radius 3 is 2.85 bits per heavy atom. The molecule has 0 aromatic heterocycles. The number of rotatable bonds is 6. The summed E-state index contributed by atoms with van der Waals surface area (Å²) in [6.45, 7) is 0.495. The molecule has 0 unspecified atom stereocenters. The molecule has 26 heavy (non-hydrogen) atoms. The van der Waals surface area contributed by atoms with Crippen molar-refractivity contribution in [3.8, 4) is 29.1 Å². The molecule has 1 N–H and O–H groups in total. The van der Waals surface area contributed by atoms with Gasteiger partial charge >= 0.3 is 0 Å². The number of carbonyl (C=O) groups is 1. The van der Waals surface area contributed by atoms with Gasteiger partial charge < -0.3 is 24.3 Å². The third kappa shape index (κ3) is 4.16. The van der Waals surface area contributed by atoms with E-state index in [9.17, 15) is 4.79 Å². The highest BCUT2D eigenvalue weighted by molar-refractivity contribution is 5.77. The molecular weight excluding hydrogens is 336 g/mol. The Labute approximate surface area is 151 Å². The van der Waals surface area contributed by atoms with Gasteiger partial charge in [-0.3, -0.25) is 4.79 Å². The third-order valence-corrected chi connectivity index (χ3v) is 3.75. The lowest BCUT2D eigenvalue weighted by Crippen LogP contribution is -2.42. The van der Waals surface area contributed by atoms with Crippen LogP contribution < -0.4 is 24.3 Å². The fraction of sp³-hybridized carbons (Fsp3) is 0.263. The lowest BCUT2D eigenvalue weighted by Gasteiger charge is -2.26. The van der Waals surface area contributed by atoms with E-state index in [2.05, 4.69) is 5.32 Å². The van der Waals surface area contributed by atoms with Crippen molar-refractivity contribution in [2.45, 2.75) is 6.10 Å². The lowest BCUT2D eigenvalue weighted by atomic mass is 10.2. The molecule has 0 fully saturated rings. The highest BCUT2D eigenvalue weighted by Crippen LogP contribution is 2.30. The van der Waals surface area contributed by atoms with Crippen LogP contribution in [0.5, 0.6) is 23.0 Å². The normalized spacial score (nSPS) is 14.8. The predicted molar refractivity (Wildman–Crippen MR) is 92.6 cm³/mol. The second-order valence-electron chi connectivity index (χ2n) is 5.57. The van der Waals surface area contributed by atoms with Gasteiger partial charge in [0.05, 0.1) is 25.3 Å². The van der Waals surface area contributed by atoms with Crippen LogP contribution in [0, 0.1) is 11.3 Å². The van der Waals surface area contributed by atoms with Gasteiger partial charge in [0.25, 0.3) is 5.91 Å². The molecule has 0 saturated heterocycles. The third-order valence-electron chi connectivity index (χ3n) is 3.75. The SMILES string of the molecule is COc1cc(C#N)ccc1OCC(=O)NC[C@H]1COc2ccccc2O1. The first kappa shape index (κ1) is 17.4. The summed E-state index contributed by atoms with van der Waals surface area (Å²) in [5, 5.41) is 11.6. The van der Waals surface area contributed by atoms with Crippen LogP contribution in [0.15, 0.2) is 42.5 Å². The topological polar surface area (TPSA) is 89.8 Å². The van der Waals surface area contributed by atoms with Crippen molar-refractivity contribution in [3.63, 3.8) is 0 Å². The number of benzene rings is 2. The molecule has 7 heteroatoms. The fourth-order valence-corrected chi connectivity index (χ4v) is 2.44. The van der Waals surface area contributed by atoms with Crippen molar-refractivity contribution in [2.75, 3.05) is 26.9 Å². The average Bonchev–Trinajstić information content (AvgIpc) is 2.70. The summed E-state index contributed by atoms with van der Waals surface area (Å²) in [5.41, 5.74) is 0.452. The van der Waals surface area contributed by atoms with Gasteiger partial charge in [-0.05, 0) is 24.3 Å². The van der Waals surface area contributed by atoms with Gasteiger partial charge in [-0.2, -0.15) is 5.26 Å². The largest absolute Gasteiger partial charge is 0.493 e. The average molecular weight is 354 g/mol. The molecule has 0 saturated carbocycles. The van der Waals surface area contributed by atoms with Gasteiger partial charge in [0.1, 0.15) is 12.7 Å². The number of fused-ring (bicyclic) bond motifs is 1. The van der Waals surface area contributed by atoms with Crippen molar-refractivity contribution in [3.05, 3.63) is 48.0 Å². The monoisotopic (exact) mass is 354 g/mol. The van der Waals surface area contributed by atoms with E-state index in [1.807, 2.05) is 30.3 Å². The smallest absolute Gasteiger partial charge is 0.258 e. The molecule has 0 spiro atoms. The first-order valence-electron chi connectivity index (χ1n) is 8.05. The number of hydrogen-bond acceptors (Lipinski definition) is 6. The molecule has 1 amide bonds. The number of nitrogens with one attached hydrogen (secondary N) is 1. The minimum atomic E-state index is -0.293. The Kier molecular flexibility index (Phi) is 5.44. The Balaban J connectivity index is 1.47. The number of ether oxygens (including phenoxy) is 4. The molecule has 1 heterocycles. The number of amides is 1. The van der Waals surface area contributed by atoms with E-state index in [1.54, 1.807) is 18.2 Å². The van der Waals surface area contributed by atoms with Crippen LogP contribution in [0.1, 0.15) is 5.56 Å². The molecule has 1 aliphatic heterocycles. The number of methoxy groups -OCH3 is 1. The molecule has 1 aliphatic rings. The highest BCUT2D eigenvalue weighted by Gasteiger charge is 2.21. The van der Waals surface area contributed by atoms with Gasteiger partial charge in [-0.1, -0.05) is 12.1 Å². The van der Waals surface area contributed by atoms with E-state index in [-0.39, 0.29) is 18.6 Å². The summed E-state index contributed by atoms with van der Waals surface area (Å²) in [5.74, 6) is 1.87. The van der Waals surface area contributed by atoms with E-state index in [4.69, 9.17) is 24.2 Å². The molecule has 0 bridgehead atoms. The number of hydrogen-bond donors (Lipinski definition) is 1. The van der Waals surface area contributed by atoms with Crippen molar-refractivity contribution in [1.29, 1.82) is 5.26 Å². The van der Waals surface area contributed by atoms with Crippen molar-refractivity contribution in [2.24, 2.45) is 0 Å². The maximum Gasteiger partial charge on any atom is 0.258 e. The van der Waals surface area contributed by atoms with Crippen molar-refractivity contribution in [1.82, 2.24) is 5.32 Å². The van der Waals surface area contributed by atoms with E-state index >= 15 is 0 Å². The molecule has 2 aromatic rings. The molecular formula is C19H18N2O5. The molecule has 7 nitrogen and oxygen atoms in total. The Hall–Kier alpha value is -3.40. The van der Waals surface area contributed by atoms with Crippen LogP contribution in [-0.2, 0) is 4.79 Å². The highest BCUT2D eigenvalue weighted by atomic mass is 16.6. The van der Waals surface area contributed by atoms with E-state index in [0.717, 1.165) is 0 Å². The zero-order valence-corrected chi connectivity index (χ0v) is 14.2. The Morgan fingerprint density at radius 2 is 2.08 bits per heavy atom. The zero-order valence-electron chi connectivity index (χ0n) is 14.2. The lowest BCUT2D eigenvalue weighted by molar-refractivity contribution is -0.123. The summed E-state index contributed by atoms with van der Waals surface area (Å²) in [7, 11) is 1.47. The molecule has 0 aliphatic carbocycles. The Morgan fingerprint density at radius 1 is 1.27 bits per heavy atom. The van der Waals surface area contributed by atoms with Gasteiger partial charge in [0.2, 0.25) is 0 Å². The second-order valence-corrected chi connectivity index (χ2v) is 5.57. The second kappa shape index (κ2) is 8.12. The fourth-order valence-electron chi connectivity index (χ4n) is 2.44. The molecule has 134 valence electrons. The van der Waals surface area contributed by atoms with Gasteiger partial charge in [-0.15, -0.1) is 0 Å². The van der Waals surface area contributed by atoms with Gasteiger partial charge in [0, 0.05) is 6.07 Å². The quantitative estimate of drug-likeness (QED) is 0.852. The zero-order chi connectivity index (χ0) is 18.4. The summed E-state index contributed by atoms with van der Waals surface area (Å²) in [6.07, 6.45) is -0.265. The van der Waals surface area contributed by atoms with Crippen LogP contribution in [0.4, 0.5) is 0 Å². The van der Waals surface area contributed by atoms with E-state index in [0.29, 0.717) is 41.7 Å². The van der Waals surface area contributed by atoms with Crippen LogP contribution in [0.2, 0.25) is 0 Å². The van der Waals surface area contributed by atoms with Crippen molar-refractivity contribution >= 4 is 5.91 Å². The summed E-state index contributed by atoms with van der Waals surface area (Å²) < 4.78 is 22.0. The van der Waals surface area contributed by atoms with Crippen LogP contribution in [0.25, 0.3) is 0 Å². The minimum Gasteiger partial charge on any atom is -0.493 e. The maximum absolute atomic E-state index is 12.0. The van der Waals surface area contributed by atoms with Gasteiger partial charge in [-0.25, -0.2) is 0 Å². The maximum atomic E-state index is 12.0. The standard InChI is InChI=1S/C19H18N2O5/c1-23-18-8-13(9-20)6-7-16(18)25-12-19(22)21-10-14-11-24-15-4-2-3-5-17(15)26-14/h2-8,14H,10-12H2,1H3,(H,21,22)/t14-/m0/s1. The van der Waals surface area contributed by atoms with Crippen molar-refractivity contribution < 1.29 is 23.7 Å². The van der Waals surface area contributed by atoms with Crippen LogP contribution >= 0.6 is 0 Å².